The third-order valence-corrected chi connectivity index (χ3v) is 8.90. The first kappa shape index (κ1) is 26.3. The van der Waals surface area contributed by atoms with Crippen molar-refractivity contribution in [3.05, 3.63) is 53.2 Å². The lowest BCUT2D eigenvalue weighted by molar-refractivity contribution is 0.135. The lowest BCUT2D eigenvalue weighted by atomic mass is 9.83. The molecule has 0 amide bonds. The van der Waals surface area contributed by atoms with Gasteiger partial charge in [0.2, 0.25) is 0 Å². The number of nitrogens with zero attached hydrogens (tertiary/aromatic N) is 5. The van der Waals surface area contributed by atoms with Crippen molar-refractivity contribution in [3.63, 3.8) is 0 Å². The van der Waals surface area contributed by atoms with Crippen LogP contribution in [0.2, 0.25) is 0 Å². The summed E-state index contributed by atoms with van der Waals surface area (Å²) < 4.78 is 19.9. The van der Waals surface area contributed by atoms with Crippen LogP contribution in [-0.2, 0) is 19.4 Å². The van der Waals surface area contributed by atoms with Gasteiger partial charge in [0.1, 0.15) is 12.0 Å². The van der Waals surface area contributed by atoms with Gasteiger partial charge < -0.3 is 19.4 Å². The minimum absolute atomic E-state index is 0.211. The summed E-state index contributed by atoms with van der Waals surface area (Å²) in [6.45, 7) is 6.35. The Morgan fingerprint density at radius 1 is 1.08 bits per heavy atom. The number of aromatic nitrogens is 2. The number of alkyl halides is 1. The average molecular weight is 532 g/mol. The number of ether oxygens (including phenoxy) is 1. The molecule has 2 aliphatic carbocycles. The fourth-order valence-electron chi connectivity index (χ4n) is 6.62. The molecule has 0 spiro atoms. The molecule has 7 heteroatoms. The first-order valence-electron chi connectivity index (χ1n) is 14.6. The van der Waals surface area contributed by atoms with E-state index in [2.05, 4.69) is 79.2 Å². The van der Waals surface area contributed by atoms with E-state index in [0.29, 0.717) is 31.4 Å². The van der Waals surface area contributed by atoms with E-state index in [1.165, 1.54) is 40.4 Å². The van der Waals surface area contributed by atoms with Gasteiger partial charge in [-0.05, 0) is 75.6 Å². The molecule has 1 aromatic heterocycles. The van der Waals surface area contributed by atoms with Gasteiger partial charge in [-0.25, -0.2) is 4.39 Å². The maximum Gasteiger partial charge on any atom is 0.318 e. The van der Waals surface area contributed by atoms with E-state index in [0.717, 1.165) is 50.5 Å². The Morgan fingerprint density at radius 2 is 1.85 bits per heavy atom. The highest BCUT2D eigenvalue weighted by molar-refractivity contribution is 5.97. The molecule has 3 aliphatic rings. The number of aryl methyl sites for hydroxylation is 1. The normalized spacial score (nSPS) is 21.5. The molecule has 0 radical (unpaired) electrons. The van der Waals surface area contributed by atoms with Gasteiger partial charge in [0.05, 0.1) is 18.8 Å². The topological polar surface area (TPSA) is 44.7 Å². The molecule has 0 N–H and O–H groups in total. The molecule has 3 aromatic rings. The highest BCUT2D eigenvalue weighted by atomic mass is 19.1. The fourth-order valence-corrected chi connectivity index (χ4v) is 6.62. The molecule has 2 fully saturated rings. The molecule has 6 rings (SSSR count). The molecular weight excluding hydrogens is 489 g/mol. The van der Waals surface area contributed by atoms with Crippen LogP contribution in [-0.4, -0.2) is 68.4 Å². The van der Waals surface area contributed by atoms with Crippen LogP contribution in [0.4, 0.5) is 15.9 Å². The van der Waals surface area contributed by atoms with Gasteiger partial charge >= 0.3 is 6.01 Å². The third kappa shape index (κ3) is 5.43. The quantitative estimate of drug-likeness (QED) is 0.336. The van der Waals surface area contributed by atoms with Crippen LogP contribution < -0.4 is 14.5 Å². The Hall–Kier alpha value is -2.93. The Kier molecular flexibility index (Phi) is 7.13. The molecule has 0 atom stereocenters. The van der Waals surface area contributed by atoms with Crippen molar-refractivity contribution in [3.8, 4) is 6.01 Å². The Morgan fingerprint density at radius 3 is 2.54 bits per heavy atom. The molecule has 2 saturated carbocycles. The number of halogens is 1. The first-order valence-corrected chi connectivity index (χ1v) is 14.6. The molecule has 0 unspecified atom stereocenters. The zero-order chi connectivity index (χ0) is 27.1. The van der Waals surface area contributed by atoms with Crippen molar-refractivity contribution >= 4 is 22.3 Å². The Labute approximate surface area is 232 Å². The van der Waals surface area contributed by atoms with E-state index < -0.39 is 6.17 Å². The van der Waals surface area contributed by atoms with Gasteiger partial charge in [-0.2, -0.15) is 9.97 Å². The molecular formula is C32H42FN5O. The standard InChI is InChI=1S/C32H42FN5O/c1-5-23-8-6-9-24-10-7-11-28(29(23)24)38-15-12-26-27(19-38)34-31(39-21-32(13-14-32)20-36(2)3)35-30(26)37(4)18-22-16-25(33)17-22/h6-11,22,25H,5,12-21H2,1-4H3. The molecule has 2 aromatic carbocycles. The highest BCUT2D eigenvalue weighted by Gasteiger charge is 2.44. The zero-order valence-electron chi connectivity index (χ0n) is 23.9. The SMILES string of the molecule is CCc1cccc2cccc(N3CCc4c(nc(OCC5(CN(C)C)CC5)nc4N(C)CC4CC(F)C4)C3)c12. The van der Waals surface area contributed by atoms with Crippen molar-refractivity contribution < 1.29 is 9.13 Å². The summed E-state index contributed by atoms with van der Waals surface area (Å²) in [5.41, 5.74) is 5.13. The summed E-state index contributed by atoms with van der Waals surface area (Å²) in [7, 11) is 6.34. The van der Waals surface area contributed by atoms with Gasteiger partial charge in [0.25, 0.3) is 0 Å². The Balaban J connectivity index is 1.31. The van der Waals surface area contributed by atoms with E-state index in [9.17, 15) is 4.39 Å². The second-order valence-electron chi connectivity index (χ2n) is 12.4. The molecule has 6 nitrogen and oxygen atoms in total. The predicted octanol–water partition coefficient (Wildman–Crippen LogP) is 5.66. The van der Waals surface area contributed by atoms with Gasteiger partial charge in [-0.1, -0.05) is 37.3 Å². The fraction of sp³-hybridized carbons (Fsp3) is 0.562. The van der Waals surface area contributed by atoms with Crippen LogP contribution in [0.3, 0.4) is 0 Å². The number of fused-ring (bicyclic) bond motifs is 2. The van der Waals surface area contributed by atoms with Crippen molar-refractivity contribution in [2.75, 3.05) is 57.2 Å². The molecule has 39 heavy (non-hydrogen) atoms. The largest absolute Gasteiger partial charge is 0.463 e. The van der Waals surface area contributed by atoms with E-state index in [1.54, 1.807) is 0 Å². The number of hydrogen-bond acceptors (Lipinski definition) is 6. The van der Waals surface area contributed by atoms with Crippen LogP contribution in [0.15, 0.2) is 36.4 Å². The average Bonchev–Trinajstić information content (AvgIpc) is 3.68. The molecule has 208 valence electrons. The summed E-state index contributed by atoms with van der Waals surface area (Å²) in [6, 6.07) is 13.7. The summed E-state index contributed by atoms with van der Waals surface area (Å²) in [6.07, 6.45) is 4.92. The van der Waals surface area contributed by atoms with Gasteiger partial charge in [0.15, 0.2) is 0 Å². The van der Waals surface area contributed by atoms with Crippen LogP contribution >= 0.6 is 0 Å². The molecule has 1 aliphatic heterocycles. The highest BCUT2D eigenvalue weighted by Crippen LogP contribution is 2.46. The number of anilines is 2. The summed E-state index contributed by atoms with van der Waals surface area (Å²) in [4.78, 5) is 16.9. The smallest absolute Gasteiger partial charge is 0.318 e. The molecule has 0 saturated heterocycles. The van der Waals surface area contributed by atoms with Gasteiger partial charge in [-0.3, -0.25) is 0 Å². The van der Waals surface area contributed by atoms with Gasteiger partial charge in [-0.15, -0.1) is 0 Å². The number of hydrogen-bond donors (Lipinski definition) is 0. The minimum Gasteiger partial charge on any atom is -0.463 e. The summed E-state index contributed by atoms with van der Waals surface area (Å²) in [5, 5.41) is 2.63. The summed E-state index contributed by atoms with van der Waals surface area (Å²) >= 11 is 0. The van der Waals surface area contributed by atoms with Crippen LogP contribution in [0.1, 0.15) is 49.4 Å². The lowest BCUT2D eigenvalue weighted by Crippen LogP contribution is -2.38. The van der Waals surface area contributed by atoms with Crippen LogP contribution in [0, 0.1) is 11.3 Å². The molecule has 0 bridgehead atoms. The van der Waals surface area contributed by atoms with E-state index in [1.807, 2.05) is 0 Å². The third-order valence-electron chi connectivity index (χ3n) is 8.90. The predicted molar refractivity (Wildman–Crippen MR) is 157 cm³/mol. The Bertz CT molecular complexity index is 1330. The lowest BCUT2D eigenvalue weighted by Gasteiger charge is -2.36. The maximum absolute atomic E-state index is 13.6. The monoisotopic (exact) mass is 531 g/mol. The zero-order valence-corrected chi connectivity index (χ0v) is 23.9. The second-order valence-corrected chi connectivity index (χ2v) is 12.4. The van der Waals surface area contributed by atoms with Gasteiger partial charge in [0, 0.05) is 48.7 Å². The van der Waals surface area contributed by atoms with Crippen LogP contribution in [0.25, 0.3) is 10.8 Å². The number of benzene rings is 2. The minimum atomic E-state index is -0.643. The van der Waals surface area contributed by atoms with E-state index in [-0.39, 0.29) is 5.41 Å². The van der Waals surface area contributed by atoms with E-state index in [4.69, 9.17) is 14.7 Å². The first-order chi connectivity index (χ1) is 18.8. The van der Waals surface area contributed by atoms with Crippen molar-refractivity contribution in [2.24, 2.45) is 11.3 Å². The van der Waals surface area contributed by atoms with Crippen molar-refractivity contribution in [1.82, 2.24) is 14.9 Å². The van der Waals surface area contributed by atoms with Crippen molar-refractivity contribution in [1.29, 1.82) is 0 Å². The maximum atomic E-state index is 13.6. The van der Waals surface area contributed by atoms with E-state index >= 15 is 0 Å². The second kappa shape index (κ2) is 10.6. The number of rotatable bonds is 10. The molecule has 2 heterocycles. The summed E-state index contributed by atoms with van der Waals surface area (Å²) in [5.74, 6) is 1.35. The van der Waals surface area contributed by atoms with Crippen LogP contribution in [0.5, 0.6) is 6.01 Å². The van der Waals surface area contributed by atoms with Crippen molar-refractivity contribution in [2.45, 2.75) is 58.2 Å².